The van der Waals surface area contributed by atoms with Crippen LogP contribution in [0.4, 0.5) is 0 Å². The van der Waals surface area contributed by atoms with E-state index in [9.17, 15) is 9.59 Å². The van der Waals surface area contributed by atoms with Crippen molar-refractivity contribution in [2.75, 3.05) is 6.54 Å². The van der Waals surface area contributed by atoms with Gasteiger partial charge in [-0.3, -0.25) is 15.0 Å². The van der Waals surface area contributed by atoms with Gasteiger partial charge in [0, 0.05) is 13.0 Å². The fraction of sp³-hybridized carbons (Fsp3) is 0.400. The largest absolute Gasteiger partial charge is 0.370 e. The van der Waals surface area contributed by atoms with E-state index in [2.05, 4.69) is 10.6 Å². The Bertz CT molecular complexity index is 462. The summed E-state index contributed by atoms with van der Waals surface area (Å²) in [4.78, 5) is 22.6. The first kappa shape index (κ1) is 16.7. The van der Waals surface area contributed by atoms with Crippen LogP contribution in [0.3, 0.4) is 0 Å². The second kappa shape index (κ2) is 9.52. The van der Waals surface area contributed by atoms with Crippen LogP contribution in [0.2, 0.25) is 0 Å². The fourth-order valence-corrected chi connectivity index (χ4v) is 1.86. The lowest BCUT2D eigenvalue weighted by molar-refractivity contribution is -0.121. The summed E-state index contributed by atoms with van der Waals surface area (Å²) in [6, 6.07) is 9.10. The summed E-state index contributed by atoms with van der Waals surface area (Å²) >= 11 is 0. The highest BCUT2D eigenvalue weighted by atomic mass is 16.2. The van der Waals surface area contributed by atoms with Crippen LogP contribution < -0.4 is 16.4 Å². The molecule has 1 radical (unpaired) electrons. The van der Waals surface area contributed by atoms with E-state index in [4.69, 9.17) is 11.1 Å². The number of aryl methyl sites for hydroxylation is 1. The van der Waals surface area contributed by atoms with Crippen LogP contribution in [-0.4, -0.2) is 30.7 Å². The van der Waals surface area contributed by atoms with Crippen molar-refractivity contribution in [1.29, 1.82) is 5.41 Å². The van der Waals surface area contributed by atoms with Crippen molar-refractivity contribution in [1.82, 2.24) is 10.6 Å². The van der Waals surface area contributed by atoms with Gasteiger partial charge in [-0.15, -0.1) is 0 Å². The molecule has 0 saturated heterocycles. The Hall–Kier alpha value is -2.37. The summed E-state index contributed by atoms with van der Waals surface area (Å²) < 4.78 is 0. The molecule has 5 N–H and O–H groups in total. The molecular weight excluding hydrogens is 268 g/mol. The molecule has 21 heavy (non-hydrogen) atoms. The predicted octanol–water partition coefficient (Wildman–Crippen LogP) is 0.477. The minimum absolute atomic E-state index is 0.103. The number of nitrogens with two attached hydrogens (primary N) is 1. The molecule has 0 aliphatic heterocycles. The van der Waals surface area contributed by atoms with E-state index in [1.54, 1.807) is 0 Å². The summed E-state index contributed by atoms with van der Waals surface area (Å²) in [6.45, 7) is 0.493. The number of benzene rings is 1. The van der Waals surface area contributed by atoms with Gasteiger partial charge in [-0.05, 0) is 24.8 Å². The highest BCUT2D eigenvalue weighted by molar-refractivity contribution is 5.79. The number of carbonyl (C=O) groups is 1. The number of nitrogens with one attached hydrogen (secondary N) is 3. The molecular formula is C15H21N4O2. The highest BCUT2D eigenvalue weighted by Gasteiger charge is 2.11. The number of hydrogen-bond donors (Lipinski definition) is 4. The van der Waals surface area contributed by atoms with Crippen LogP contribution in [0.15, 0.2) is 30.3 Å². The van der Waals surface area contributed by atoms with E-state index in [0.717, 1.165) is 5.56 Å². The topological polar surface area (TPSA) is 108 Å². The predicted molar refractivity (Wildman–Crippen MR) is 81.5 cm³/mol. The minimum Gasteiger partial charge on any atom is -0.370 e. The Morgan fingerprint density at radius 2 is 2.05 bits per heavy atom. The quantitative estimate of drug-likeness (QED) is 0.301. The van der Waals surface area contributed by atoms with Crippen LogP contribution in [0.25, 0.3) is 0 Å². The van der Waals surface area contributed by atoms with Gasteiger partial charge >= 0.3 is 0 Å². The Morgan fingerprint density at radius 3 is 2.67 bits per heavy atom. The van der Waals surface area contributed by atoms with Gasteiger partial charge in [0.25, 0.3) is 0 Å². The summed E-state index contributed by atoms with van der Waals surface area (Å²) in [6.07, 6.45) is 3.91. The standard InChI is InChI=1S/C15H21N4O2/c16-15(17)18-10-4-7-13(11-20)19-14(21)9-8-12-5-2-1-3-6-12/h1-3,5-6,13H,4,7-10H2,(H,19,21)(H4,16,17,18)/t13-/m0/s1. The highest BCUT2D eigenvalue weighted by Crippen LogP contribution is 2.03. The van der Waals surface area contributed by atoms with Gasteiger partial charge < -0.3 is 16.4 Å². The molecule has 113 valence electrons. The molecule has 0 spiro atoms. The van der Waals surface area contributed by atoms with Gasteiger partial charge in [0.15, 0.2) is 5.96 Å². The Morgan fingerprint density at radius 1 is 1.33 bits per heavy atom. The van der Waals surface area contributed by atoms with Crippen molar-refractivity contribution in [3.63, 3.8) is 0 Å². The van der Waals surface area contributed by atoms with Crippen molar-refractivity contribution in [2.45, 2.75) is 31.7 Å². The maximum atomic E-state index is 11.8. The first-order valence-corrected chi connectivity index (χ1v) is 6.90. The summed E-state index contributed by atoms with van der Waals surface area (Å²) in [5.41, 5.74) is 6.23. The van der Waals surface area contributed by atoms with E-state index in [1.807, 2.05) is 36.6 Å². The Kier molecular flexibility index (Phi) is 7.56. The molecule has 6 heteroatoms. The van der Waals surface area contributed by atoms with Gasteiger partial charge in [-0.2, -0.15) is 0 Å². The third kappa shape index (κ3) is 7.71. The molecule has 0 saturated carbocycles. The van der Waals surface area contributed by atoms with Gasteiger partial charge in [-0.25, -0.2) is 0 Å². The molecule has 0 heterocycles. The van der Waals surface area contributed by atoms with Crippen molar-refractivity contribution in [3.05, 3.63) is 35.9 Å². The number of amides is 1. The molecule has 1 amide bonds. The monoisotopic (exact) mass is 289 g/mol. The minimum atomic E-state index is -0.609. The second-order valence-electron chi connectivity index (χ2n) is 4.71. The maximum Gasteiger partial charge on any atom is 0.222 e. The van der Waals surface area contributed by atoms with Crippen molar-refractivity contribution < 1.29 is 9.59 Å². The number of carbonyl (C=O) groups excluding carboxylic acids is 2. The van der Waals surface area contributed by atoms with Crippen molar-refractivity contribution >= 4 is 18.2 Å². The Balaban J connectivity index is 2.24. The molecule has 0 aromatic heterocycles. The second-order valence-corrected chi connectivity index (χ2v) is 4.71. The van der Waals surface area contributed by atoms with Crippen LogP contribution >= 0.6 is 0 Å². The lowest BCUT2D eigenvalue weighted by Crippen LogP contribution is -2.37. The maximum absolute atomic E-state index is 11.8. The summed E-state index contributed by atoms with van der Waals surface area (Å²) in [5, 5.41) is 12.3. The summed E-state index contributed by atoms with van der Waals surface area (Å²) in [7, 11) is 0. The van der Waals surface area contributed by atoms with Gasteiger partial charge in [0.1, 0.15) is 0 Å². The van der Waals surface area contributed by atoms with Gasteiger partial charge in [0.2, 0.25) is 12.2 Å². The van der Waals surface area contributed by atoms with Crippen LogP contribution in [0.1, 0.15) is 24.8 Å². The van der Waals surface area contributed by atoms with Crippen molar-refractivity contribution in [2.24, 2.45) is 5.73 Å². The first-order valence-electron chi connectivity index (χ1n) is 6.90. The third-order valence-corrected chi connectivity index (χ3v) is 2.95. The first-order chi connectivity index (χ1) is 10.1. The number of rotatable bonds is 9. The molecule has 1 atom stereocenters. The molecule has 0 unspecified atom stereocenters. The zero-order valence-electron chi connectivity index (χ0n) is 11.9. The smallest absolute Gasteiger partial charge is 0.222 e. The molecule has 0 aliphatic rings. The number of guanidine groups is 1. The van der Waals surface area contributed by atoms with E-state index in [-0.39, 0.29) is 11.9 Å². The molecule has 1 aromatic carbocycles. The number of hydrogen-bond acceptors (Lipinski definition) is 3. The molecule has 1 rings (SSSR count). The molecule has 0 bridgehead atoms. The SMILES string of the molecule is N=C(N)NCCC[C@@H]([C]=O)NC(=O)CCc1ccccc1. The van der Waals surface area contributed by atoms with E-state index < -0.39 is 6.04 Å². The van der Waals surface area contributed by atoms with Crippen LogP contribution in [0.5, 0.6) is 0 Å². The Labute approximate surface area is 124 Å². The molecule has 0 fully saturated rings. The lowest BCUT2D eigenvalue weighted by atomic mass is 10.1. The fourth-order valence-electron chi connectivity index (χ4n) is 1.86. The molecule has 6 nitrogen and oxygen atoms in total. The van der Waals surface area contributed by atoms with Gasteiger partial charge in [0.05, 0.1) is 6.04 Å². The normalized spacial score (nSPS) is 11.4. The molecule has 1 aromatic rings. The van der Waals surface area contributed by atoms with Crippen LogP contribution in [0, 0.1) is 5.41 Å². The zero-order chi connectivity index (χ0) is 15.5. The van der Waals surface area contributed by atoms with Crippen molar-refractivity contribution in [3.8, 4) is 0 Å². The van der Waals surface area contributed by atoms with Crippen LogP contribution in [-0.2, 0) is 16.0 Å². The molecule has 0 aliphatic carbocycles. The average Bonchev–Trinajstić information content (AvgIpc) is 2.49. The zero-order valence-corrected chi connectivity index (χ0v) is 11.9. The summed E-state index contributed by atoms with van der Waals surface area (Å²) in [5.74, 6) is -0.264. The third-order valence-electron chi connectivity index (χ3n) is 2.95. The van der Waals surface area contributed by atoms with Gasteiger partial charge in [-0.1, -0.05) is 30.3 Å². The van der Waals surface area contributed by atoms with E-state index in [0.29, 0.717) is 32.2 Å². The van der Waals surface area contributed by atoms with E-state index in [1.165, 1.54) is 0 Å². The lowest BCUT2D eigenvalue weighted by Gasteiger charge is -2.12. The average molecular weight is 289 g/mol. The van der Waals surface area contributed by atoms with E-state index >= 15 is 0 Å².